The van der Waals surface area contributed by atoms with Crippen LogP contribution in [0.25, 0.3) is 5.69 Å². The van der Waals surface area contributed by atoms with Crippen LogP contribution >= 0.6 is 0 Å². The number of aromatic nitrogens is 2. The van der Waals surface area contributed by atoms with Gasteiger partial charge in [0.05, 0.1) is 5.69 Å². The minimum Gasteiger partial charge on any atom is -0.480 e. The standard InChI is InChI=1S/C16H17N3O3/c1-11-8-9-17-19(11)13-6-4-12(5-7-13)15(20)18-10-2-3-14(18)16(21)22/h4-9,14H,2-3,10H2,1H3,(H,21,22)/t14-/m0/s1. The van der Waals surface area contributed by atoms with E-state index >= 15 is 0 Å². The first-order chi connectivity index (χ1) is 10.6. The minimum atomic E-state index is -0.936. The molecule has 1 fully saturated rings. The van der Waals surface area contributed by atoms with Crippen molar-refractivity contribution >= 4 is 11.9 Å². The van der Waals surface area contributed by atoms with Gasteiger partial charge in [0.1, 0.15) is 6.04 Å². The first-order valence-electron chi connectivity index (χ1n) is 7.23. The van der Waals surface area contributed by atoms with Gasteiger partial charge in [-0.2, -0.15) is 5.10 Å². The van der Waals surface area contributed by atoms with Crippen molar-refractivity contribution in [1.29, 1.82) is 0 Å². The zero-order valence-electron chi connectivity index (χ0n) is 12.3. The molecule has 0 aliphatic carbocycles. The average molecular weight is 299 g/mol. The fourth-order valence-electron chi connectivity index (χ4n) is 2.82. The summed E-state index contributed by atoms with van der Waals surface area (Å²) in [6.07, 6.45) is 2.97. The van der Waals surface area contributed by atoms with Crippen molar-refractivity contribution in [1.82, 2.24) is 14.7 Å². The molecule has 0 saturated carbocycles. The molecule has 1 aromatic carbocycles. The van der Waals surface area contributed by atoms with Crippen molar-refractivity contribution in [2.24, 2.45) is 0 Å². The number of carbonyl (C=O) groups excluding carboxylic acids is 1. The number of carbonyl (C=O) groups is 2. The largest absolute Gasteiger partial charge is 0.480 e. The van der Waals surface area contributed by atoms with Crippen LogP contribution in [0.1, 0.15) is 28.9 Å². The van der Waals surface area contributed by atoms with Crippen LogP contribution in [-0.2, 0) is 4.79 Å². The Kier molecular flexibility index (Phi) is 3.66. The maximum atomic E-state index is 12.5. The van der Waals surface area contributed by atoms with Crippen LogP contribution in [0.2, 0.25) is 0 Å². The number of benzene rings is 1. The molecule has 2 heterocycles. The molecular formula is C16H17N3O3. The summed E-state index contributed by atoms with van der Waals surface area (Å²) in [4.78, 5) is 25.1. The molecule has 1 saturated heterocycles. The lowest BCUT2D eigenvalue weighted by Crippen LogP contribution is -2.40. The average Bonchev–Trinajstić information content (AvgIpc) is 3.15. The molecule has 0 radical (unpaired) electrons. The lowest BCUT2D eigenvalue weighted by molar-refractivity contribution is -0.141. The highest BCUT2D eigenvalue weighted by atomic mass is 16.4. The predicted molar refractivity (Wildman–Crippen MR) is 80.0 cm³/mol. The summed E-state index contributed by atoms with van der Waals surface area (Å²) in [5, 5.41) is 13.4. The first-order valence-corrected chi connectivity index (χ1v) is 7.23. The van der Waals surface area contributed by atoms with Crippen LogP contribution in [0.4, 0.5) is 0 Å². The smallest absolute Gasteiger partial charge is 0.326 e. The maximum absolute atomic E-state index is 12.5. The normalized spacial score (nSPS) is 17.7. The van der Waals surface area contributed by atoms with Gasteiger partial charge < -0.3 is 10.0 Å². The van der Waals surface area contributed by atoms with E-state index in [1.807, 2.05) is 25.1 Å². The van der Waals surface area contributed by atoms with Crippen LogP contribution in [0.3, 0.4) is 0 Å². The van der Waals surface area contributed by atoms with E-state index in [0.29, 0.717) is 18.5 Å². The van der Waals surface area contributed by atoms with Crippen LogP contribution < -0.4 is 0 Å². The molecule has 2 aromatic rings. The third-order valence-electron chi connectivity index (χ3n) is 3.99. The Hall–Kier alpha value is -2.63. The van der Waals surface area contributed by atoms with Gasteiger partial charge in [-0.3, -0.25) is 4.79 Å². The van der Waals surface area contributed by atoms with Crippen molar-refractivity contribution in [3.8, 4) is 5.69 Å². The molecule has 1 atom stereocenters. The van der Waals surface area contributed by atoms with Crippen molar-refractivity contribution in [2.75, 3.05) is 6.54 Å². The van der Waals surface area contributed by atoms with E-state index in [1.165, 1.54) is 4.90 Å². The molecule has 6 nitrogen and oxygen atoms in total. The van der Waals surface area contributed by atoms with Crippen LogP contribution in [0.5, 0.6) is 0 Å². The number of hydrogen-bond donors (Lipinski definition) is 1. The number of rotatable bonds is 3. The van der Waals surface area contributed by atoms with Gasteiger partial charge >= 0.3 is 5.97 Å². The van der Waals surface area contributed by atoms with Crippen molar-refractivity contribution in [2.45, 2.75) is 25.8 Å². The van der Waals surface area contributed by atoms with Crippen molar-refractivity contribution < 1.29 is 14.7 Å². The van der Waals surface area contributed by atoms with Crippen molar-refractivity contribution in [3.63, 3.8) is 0 Å². The van der Waals surface area contributed by atoms with Gasteiger partial charge in [-0.15, -0.1) is 0 Å². The van der Waals surface area contributed by atoms with E-state index in [9.17, 15) is 14.7 Å². The van der Waals surface area contributed by atoms with Gasteiger partial charge in [-0.05, 0) is 50.1 Å². The van der Waals surface area contributed by atoms with Gasteiger partial charge in [-0.25, -0.2) is 9.48 Å². The van der Waals surface area contributed by atoms with Crippen LogP contribution in [-0.4, -0.2) is 44.3 Å². The molecule has 22 heavy (non-hydrogen) atoms. The Balaban J connectivity index is 1.82. The summed E-state index contributed by atoms with van der Waals surface area (Å²) in [6.45, 7) is 2.45. The number of aliphatic carboxylic acids is 1. The van der Waals surface area contributed by atoms with E-state index in [4.69, 9.17) is 0 Å². The zero-order chi connectivity index (χ0) is 15.7. The monoisotopic (exact) mass is 299 g/mol. The fourth-order valence-corrected chi connectivity index (χ4v) is 2.82. The molecule has 1 aliphatic heterocycles. The van der Waals surface area contributed by atoms with Gasteiger partial charge in [-0.1, -0.05) is 0 Å². The van der Waals surface area contributed by atoms with E-state index in [-0.39, 0.29) is 5.91 Å². The van der Waals surface area contributed by atoms with Gasteiger partial charge in [0, 0.05) is 24.0 Å². The molecule has 0 spiro atoms. The quantitative estimate of drug-likeness (QED) is 0.938. The number of likely N-dealkylation sites (tertiary alicyclic amines) is 1. The molecule has 1 amide bonds. The van der Waals surface area contributed by atoms with Gasteiger partial charge in [0.15, 0.2) is 0 Å². The third kappa shape index (κ3) is 2.47. The number of aryl methyl sites for hydroxylation is 1. The number of amides is 1. The third-order valence-corrected chi connectivity index (χ3v) is 3.99. The lowest BCUT2D eigenvalue weighted by Gasteiger charge is -2.21. The van der Waals surface area contributed by atoms with E-state index in [2.05, 4.69) is 5.10 Å². The van der Waals surface area contributed by atoms with Crippen LogP contribution in [0.15, 0.2) is 36.5 Å². The first kappa shape index (κ1) is 14.3. The highest BCUT2D eigenvalue weighted by molar-refractivity contribution is 5.97. The highest BCUT2D eigenvalue weighted by Gasteiger charge is 2.34. The summed E-state index contributed by atoms with van der Waals surface area (Å²) in [5.41, 5.74) is 2.38. The molecule has 1 aliphatic rings. The van der Waals surface area contributed by atoms with E-state index in [1.54, 1.807) is 23.0 Å². The highest BCUT2D eigenvalue weighted by Crippen LogP contribution is 2.21. The lowest BCUT2D eigenvalue weighted by atomic mass is 10.1. The summed E-state index contributed by atoms with van der Waals surface area (Å²) < 4.78 is 1.78. The second kappa shape index (κ2) is 5.63. The molecule has 6 heteroatoms. The summed E-state index contributed by atoms with van der Waals surface area (Å²) in [6, 6.07) is 8.27. The summed E-state index contributed by atoms with van der Waals surface area (Å²) in [7, 11) is 0. The minimum absolute atomic E-state index is 0.228. The Labute approximate surface area is 128 Å². The maximum Gasteiger partial charge on any atom is 0.326 e. The number of nitrogens with zero attached hydrogens (tertiary/aromatic N) is 3. The SMILES string of the molecule is Cc1ccnn1-c1ccc(C(=O)N2CCC[C@H]2C(=O)O)cc1. The van der Waals surface area contributed by atoms with Gasteiger partial charge in [0.25, 0.3) is 5.91 Å². The Bertz CT molecular complexity index is 706. The van der Waals surface area contributed by atoms with Gasteiger partial charge in [0.2, 0.25) is 0 Å². The topological polar surface area (TPSA) is 75.4 Å². The van der Waals surface area contributed by atoms with E-state index in [0.717, 1.165) is 17.8 Å². The molecule has 1 aromatic heterocycles. The Morgan fingerprint density at radius 1 is 1.23 bits per heavy atom. The molecule has 3 rings (SSSR count). The molecule has 0 unspecified atom stereocenters. The molecule has 114 valence electrons. The predicted octanol–water partition coefficient (Wildman–Crippen LogP) is 1.87. The van der Waals surface area contributed by atoms with Crippen molar-refractivity contribution in [3.05, 3.63) is 47.8 Å². The second-order valence-corrected chi connectivity index (χ2v) is 5.43. The summed E-state index contributed by atoms with van der Waals surface area (Å²) in [5.74, 6) is -1.16. The van der Waals surface area contributed by atoms with Crippen LogP contribution in [0, 0.1) is 6.92 Å². The second-order valence-electron chi connectivity index (χ2n) is 5.43. The molecular weight excluding hydrogens is 282 g/mol. The molecule has 0 bridgehead atoms. The number of carboxylic acid groups (broad SMARTS) is 1. The zero-order valence-corrected chi connectivity index (χ0v) is 12.3. The number of hydrogen-bond acceptors (Lipinski definition) is 3. The summed E-state index contributed by atoms with van der Waals surface area (Å²) >= 11 is 0. The molecule has 1 N–H and O–H groups in total. The fraction of sp³-hybridized carbons (Fsp3) is 0.312. The van der Waals surface area contributed by atoms with E-state index < -0.39 is 12.0 Å². The number of carboxylic acids is 1. The Morgan fingerprint density at radius 3 is 2.55 bits per heavy atom. The Morgan fingerprint density at radius 2 is 1.95 bits per heavy atom.